The van der Waals surface area contributed by atoms with Gasteiger partial charge in [0.2, 0.25) is 0 Å². The van der Waals surface area contributed by atoms with E-state index in [4.69, 9.17) is 14.2 Å². The largest absolute Gasteiger partial charge is 0.503 e. The van der Waals surface area contributed by atoms with Gasteiger partial charge in [-0.25, -0.2) is 4.79 Å². The number of carbonyl (C=O) groups excluding carboxylic acids is 2. The van der Waals surface area contributed by atoms with E-state index in [2.05, 4.69) is 31.9 Å². The van der Waals surface area contributed by atoms with Gasteiger partial charge >= 0.3 is 11.9 Å². The second-order valence-corrected chi connectivity index (χ2v) is 9.60. The summed E-state index contributed by atoms with van der Waals surface area (Å²) in [5.74, 6) is -0.732. The third-order valence-electron chi connectivity index (χ3n) is 4.75. The van der Waals surface area contributed by atoms with Crippen molar-refractivity contribution in [1.82, 2.24) is 0 Å². The van der Waals surface area contributed by atoms with Crippen LogP contribution in [0.2, 0.25) is 0 Å². The third-order valence-corrected chi connectivity index (χ3v) is 7.77. The average molecular weight is 476 g/mol. The van der Waals surface area contributed by atoms with Crippen LogP contribution < -0.4 is 0 Å². The highest BCUT2D eigenvalue weighted by Crippen LogP contribution is 2.71. The SMILES string of the molecule is CO/C=C(\C(=O)OC)c1ccccc1COC(=O)C1(C)C(C)C1(Br)Br. The number of alkyl halides is 2. The number of rotatable bonds is 6. The van der Waals surface area contributed by atoms with Crippen molar-refractivity contribution in [2.24, 2.45) is 11.3 Å². The van der Waals surface area contributed by atoms with E-state index in [1.807, 2.05) is 19.9 Å². The molecule has 0 aromatic heterocycles. The van der Waals surface area contributed by atoms with Gasteiger partial charge in [0.25, 0.3) is 0 Å². The van der Waals surface area contributed by atoms with Crippen LogP contribution in [0, 0.1) is 11.3 Å². The molecule has 136 valence electrons. The molecule has 1 aromatic carbocycles. The number of halogens is 2. The van der Waals surface area contributed by atoms with Crippen LogP contribution in [0.15, 0.2) is 30.5 Å². The van der Waals surface area contributed by atoms with Crippen molar-refractivity contribution in [3.05, 3.63) is 41.7 Å². The van der Waals surface area contributed by atoms with Crippen LogP contribution in [0.25, 0.3) is 5.57 Å². The third kappa shape index (κ3) is 3.49. The summed E-state index contributed by atoms with van der Waals surface area (Å²) in [7, 11) is 2.75. The van der Waals surface area contributed by atoms with Crippen LogP contribution in [0.1, 0.15) is 25.0 Å². The Morgan fingerprint density at radius 3 is 2.36 bits per heavy atom. The lowest BCUT2D eigenvalue weighted by Gasteiger charge is -2.15. The van der Waals surface area contributed by atoms with Gasteiger partial charge in [-0.2, -0.15) is 0 Å². The summed E-state index contributed by atoms with van der Waals surface area (Å²) < 4.78 is 14.9. The Morgan fingerprint density at radius 2 is 1.84 bits per heavy atom. The minimum atomic E-state index is -0.643. The van der Waals surface area contributed by atoms with E-state index in [1.54, 1.807) is 18.2 Å². The van der Waals surface area contributed by atoms with Crippen molar-refractivity contribution in [1.29, 1.82) is 0 Å². The van der Waals surface area contributed by atoms with Gasteiger partial charge in [-0.3, -0.25) is 4.79 Å². The van der Waals surface area contributed by atoms with Crippen LogP contribution in [-0.2, 0) is 30.4 Å². The molecule has 1 saturated carbocycles. The molecule has 2 rings (SSSR count). The summed E-state index contributed by atoms with van der Waals surface area (Å²) in [6, 6.07) is 7.16. The monoisotopic (exact) mass is 474 g/mol. The zero-order valence-corrected chi connectivity index (χ0v) is 17.6. The van der Waals surface area contributed by atoms with E-state index in [-0.39, 0.29) is 24.1 Å². The van der Waals surface area contributed by atoms with Gasteiger partial charge in [-0.05, 0) is 18.1 Å². The summed E-state index contributed by atoms with van der Waals surface area (Å²) >= 11 is 7.03. The highest BCUT2D eigenvalue weighted by Gasteiger charge is 2.74. The first-order chi connectivity index (χ1) is 11.7. The zero-order chi connectivity index (χ0) is 18.8. The number of hydrogen-bond donors (Lipinski definition) is 0. The molecule has 1 fully saturated rings. The average Bonchev–Trinajstić information content (AvgIpc) is 3.01. The van der Waals surface area contributed by atoms with E-state index >= 15 is 0 Å². The number of carbonyl (C=O) groups is 2. The van der Waals surface area contributed by atoms with Crippen LogP contribution in [-0.4, -0.2) is 29.4 Å². The fourth-order valence-electron chi connectivity index (χ4n) is 2.70. The highest BCUT2D eigenvalue weighted by molar-refractivity contribution is 9.25. The fourth-order valence-corrected chi connectivity index (χ4v) is 4.40. The normalized spacial score (nSPS) is 24.4. The van der Waals surface area contributed by atoms with Gasteiger partial charge in [0, 0.05) is 5.92 Å². The Balaban J connectivity index is 2.21. The fraction of sp³-hybridized carbons (Fsp3) is 0.444. The molecule has 0 bridgehead atoms. The van der Waals surface area contributed by atoms with Crippen LogP contribution in [0.5, 0.6) is 0 Å². The molecule has 0 saturated heterocycles. The molecule has 1 aliphatic rings. The lowest BCUT2D eigenvalue weighted by atomic mass is 10.0. The van der Waals surface area contributed by atoms with Crippen molar-refractivity contribution in [3.63, 3.8) is 0 Å². The van der Waals surface area contributed by atoms with Gasteiger partial charge < -0.3 is 14.2 Å². The predicted molar refractivity (Wildman–Crippen MR) is 101 cm³/mol. The zero-order valence-electron chi connectivity index (χ0n) is 14.5. The lowest BCUT2D eigenvalue weighted by Crippen LogP contribution is -2.21. The summed E-state index contributed by atoms with van der Waals surface area (Å²) in [4.78, 5) is 24.5. The predicted octanol–water partition coefficient (Wildman–Crippen LogP) is 4.03. The number of hydrogen-bond acceptors (Lipinski definition) is 5. The van der Waals surface area contributed by atoms with Crippen molar-refractivity contribution >= 4 is 49.4 Å². The molecule has 1 aliphatic carbocycles. The maximum Gasteiger partial charge on any atom is 0.341 e. The molecule has 1 aromatic rings. The van der Waals surface area contributed by atoms with Crippen LogP contribution >= 0.6 is 31.9 Å². The molecule has 0 amide bonds. The first-order valence-corrected chi connectivity index (χ1v) is 9.25. The van der Waals surface area contributed by atoms with Crippen LogP contribution in [0.3, 0.4) is 0 Å². The van der Waals surface area contributed by atoms with Gasteiger partial charge in [-0.15, -0.1) is 0 Å². The van der Waals surface area contributed by atoms with Gasteiger partial charge in [0.1, 0.15) is 15.4 Å². The summed E-state index contributed by atoms with van der Waals surface area (Å²) in [5, 5.41) is 0. The Morgan fingerprint density at radius 1 is 1.24 bits per heavy atom. The summed E-state index contributed by atoms with van der Waals surface area (Å²) in [6.07, 6.45) is 1.32. The van der Waals surface area contributed by atoms with E-state index in [9.17, 15) is 9.59 Å². The van der Waals surface area contributed by atoms with Crippen molar-refractivity contribution in [2.75, 3.05) is 14.2 Å². The Bertz CT molecular complexity index is 713. The molecule has 0 spiro atoms. The minimum absolute atomic E-state index is 0.0471. The topological polar surface area (TPSA) is 61.8 Å². The van der Waals surface area contributed by atoms with Crippen molar-refractivity contribution < 1.29 is 23.8 Å². The number of ether oxygens (including phenoxy) is 3. The molecular formula is C18H20Br2O5. The van der Waals surface area contributed by atoms with Gasteiger partial charge in [0.15, 0.2) is 0 Å². The Hall–Kier alpha value is -1.34. The summed E-state index contributed by atoms with van der Waals surface area (Å²) in [5.41, 5.74) is 0.909. The lowest BCUT2D eigenvalue weighted by molar-refractivity contribution is -0.151. The maximum absolute atomic E-state index is 12.5. The first-order valence-electron chi connectivity index (χ1n) is 7.66. The number of esters is 2. The number of benzene rings is 1. The Kier molecular flexibility index (Phi) is 5.99. The molecule has 2 unspecified atom stereocenters. The molecule has 0 N–H and O–H groups in total. The van der Waals surface area contributed by atoms with E-state index in [1.165, 1.54) is 20.5 Å². The van der Waals surface area contributed by atoms with Crippen molar-refractivity contribution in [2.45, 2.75) is 23.7 Å². The van der Waals surface area contributed by atoms with E-state index in [0.29, 0.717) is 11.1 Å². The molecule has 0 radical (unpaired) electrons. The maximum atomic E-state index is 12.5. The highest BCUT2D eigenvalue weighted by atomic mass is 79.9. The Labute approximate surface area is 164 Å². The standard InChI is InChI=1S/C18H20Br2O5/c1-11-17(2,18(11,19)20)16(22)25-9-12-7-5-6-8-13(12)14(10-23-3)15(21)24-4/h5-8,10-11H,9H2,1-4H3/b14-10-. The minimum Gasteiger partial charge on any atom is -0.503 e. The molecule has 0 heterocycles. The molecule has 25 heavy (non-hydrogen) atoms. The molecule has 0 aliphatic heterocycles. The molecule has 2 atom stereocenters. The van der Waals surface area contributed by atoms with Gasteiger partial charge in [-0.1, -0.05) is 63.0 Å². The van der Waals surface area contributed by atoms with Crippen LogP contribution in [0.4, 0.5) is 0 Å². The van der Waals surface area contributed by atoms with E-state index in [0.717, 1.165) is 0 Å². The smallest absolute Gasteiger partial charge is 0.341 e. The molecular weight excluding hydrogens is 456 g/mol. The van der Waals surface area contributed by atoms with E-state index < -0.39 is 14.6 Å². The molecule has 7 heteroatoms. The van der Waals surface area contributed by atoms with Crippen molar-refractivity contribution in [3.8, 4) is 0 Å². The second-order valence-electron chi connectivity index (χ2n) is 6.04. The summed E-state index contributed by atoms with van der Waals surface area (Å²) in [6.45, 7) is 3.86. The quantitative estimate of drug-likeness (QED) is 0.269. The number of methoxy groups -OCH3 is 2. The van der Waals surface area contributed by atoms with Gasteiger partial charge in [0.05, 0.1) is 25.9 Å². The molecule has 5 nitrogen and oxygen atoms in total. The second kappa shape index (κ2) is 7.50. The first kappa shape index (κ1) is 20.0.